The van der Waals surface area contributed by atoms with Gasteiger partial charge in [0.05, 0.1) is 16.7 Å². The Morgan fingerprint density at radius 1 is 0.443 bits per heavy atom. The minimum Gasteiger partial charge on any atom is -0.459 e. The Balaban J connectivity index is 1.84. The molecule has 0 aromatic heterocycles. The highest BCUT2D eigenvalue weighted by Gasteiger charge is 2.65. The molecule has 1 aliphatic heterocycles. The Morgan fingerprint density at radius 2 is 0.843 bits per heavy atom. The molecule has 372 valence electrons. The zero-order valence-corrected chi connectivity index (χ0v) is 38.5. The van der Waals surface area contributed by atoms with E-state index in [4.69, 9.17) is 61.6 Å². The van der Waals surface area contributed by atoms with Crippen LogP contribution in [-0.2, 0) is 71.6 Å². The number of hydrogen-bond acceptors (Lipinski definition) is 25. The Kier molecular flexibility index (Phi) is 17.9. The molecule has 0 radical (unpaired) electrons. The number of esters is 12. The standard InChI is InChI=1S/C45H42O25/c1-20(46)60-32-12-10-29(11-13-32)43(57)69-44-45(70-28(9)54,19-59-42(56)31-16-35(63-23(4)49)39(66-26(7)52)36(17-31)64-24(5)50)40(67-27(8)53)37(68-44)18-58-41(55)30-14-33(61-21(2)47)38(65-25(6)51)34(15-30)62-22(3)48/h10-17,37,40,44H,18-19H2,1-9H3/t37-,40-,44+,45-/m1/s1. The zero-order valence-electron chi connectivity index (χ0n) is 38.5. The Bertz CT molecular complexity index is 2550. The van der Waals surface area contributed by atoms with Crippen LogP contribution >= 0.6 is 0 Å². The first kappa shape index (κ1) is 53.9. The van der Waals surface area contributed by atoms with E-state index in [0.717, 1.165) is 98.7 Å². The van der Waals surface area contributed by atoms with Crippen LogP contribution in [0.1, 0.15) is 93.4 Å². The molecule has 0 spiro atoms. The van der Waals surface area contributed by atoms with Crippen LogP contribution in [0.15, 0.2) is 48.5 Å². The van der Waals surface area contributed by atoms with Crippen LogP contribution in [0.3, 0.4) is 0 Å². The van der Waals surface area contributed by atoms with Crippen molar-refractivity contribution in [1.29, 1.82) is 0 Å². The van der Waals surface area contributed by atoms with Gasteiger partial charge in [-0.2, -0.15) is 0 Å². The minimum absolute atomic E-state index is 0.0229. The SMILES string of the molecule is CC(=O)Oc1ccc(C(=O)O[C@@H]2O[C@H](COC(=O)c3cc(OC(C)=O)c(OC(C)=O)c(OC(C)=O)c3)[C@@H](OC(C)=O)[C@@]2(COC(=O)c2cc(OC(C)=O)c(OC(C)=O)c(OC(C)=O)c2)OC(C)=O)cc1. The summed E-state index contributed by atoms with van der Waals surface area (Å²) in [6.07, 6.45) is -6.09. The lowest BCUT2D eigenvalue weighted by atomic mass is 9.95. The molecule has 70 heavy (non-hydrogen) atoms. The summed E-state index contributed by atoms with van der Waals surface area (Å²) in [7, 11) is 0. The first-order valence-electron chi connectivity index (χ1n) is 20.1. The fourth-order valence-electron chi connectivity index (χ4n) is 6.25. The number of ether oxygens (including phenoxy) is 13. The highest BCUT2D eigenvalue weighted by Crippen LogP contribution is 2.43. The van der Waals surface area contributed by atoms with Gasteiger partial charge in [-0.05, 0) is 48.5 Å². The molecule has 1 aliphatic rings. The zero-order chi connectivity index (χ0) is 52.2. The summed E-state index contributed by atoms with van der Waals surface area (Å²) < 4.78 is 69.5. The third-order valence-corrected chi connectivity index (χ3v) is 8.54. The van der Waals surface area contributed by atoms with Gasteiger partial charge in [0.15, 0.2) is 29.1 Å². The van der Waals surface area contributed by atoms with Gasteiger partial charge in [-0.1, -0.05) is 0 Å². The van der Waals surface area contributed by atoms with Crippen LogP contribution in [-0.4, -0.2) is 109 Å². The second-order valence-electron chi connectivity index (χ2n) is 14.4. The van der Waals surface area contributed by atoms with E-state index in [1.54, 1.807) is 0 Å². The molecule has 25 heteroatoms. The summed E-state index contributed by atoms with van der Waals surface area (Å²) in [6, 6.07) is 8.22. The Labute approximate surface area is 395 Å². The lowest BCUT2D eigenvalue weighted by Gasteiger charge is -2.35. The molecule has 3 aromatic rings. The maximum Gasteiger partial charge on any atom is 0.340 e. The molecule has 0 N–H and O–H groups in total. The first-order valence-corrected chi connectivity index (χ1v) is 20.1. The van der Waals surface area contributed by atoms with Crippen molar-refractivity contribution in [2.75, 3.05) is 13.2 Å². The molecule has 3 aromatic carbocycles. The predicted octanol–water partition coefficient (Wildman–Crippen LogP) is 2.99. The van der Waals surface area contributed by atoms with E-state index in [-0.39, 0.29) is 11.3 Å². The Hall–Kier alpha value is -8.74. The van der Waals surface area contributed by atoms with Crippen molar-refractivity contribution in [3.05, 3.63) is 65.2 Å². The lowest BCUT2D eigenvalue weighted by Crippen LogP contribution is -2.58. The van der Waals surface area contributed by atoms with Crippen molar-refractivity contribution in [2.45, 2.75) is 86.4 Å². The largest absolute Gasteiger partial charge is 0.459 e. The van der Waals surface area contributed by atoms with Gasteiger partial charge in [-0.3, -0.25) is 43.2 Å². The molecular weight excluding hydrogens is 940 g/mol. The molecule has 0 bridgehead atoms. The summed E-state index contributed by atoms with van der Waals surface area (Å²) in [6.45, 7) is 6.45. The number of carbonyl (C=O) groups is 12. The van der Waals surface area contributed by atoms with E-state index in [2.05, 4.69) is 0 Å². The van der Waals surface area contributed by atoms with E-state index in [1.807, 2.05) is 0 Å². The van der Waals surface area contributed by atoms with Crippen LogP contribution in [0.5, 0.6) is 40.2 Å². The average Bonchev–Trinajstić information content (AvgIpc) is 3.49. The molecule has 0 saturated carbocycles. The summed E-state index contributed by atoms with van der Waals surface area (Å²) in [5, 5.41) is 0. The van der Waals surface area contributed by atoms with Crippen LogP contribution in [0.25, 0.3) is 0 Å². The minimum atomic E-state index is -2.72. The van der Waals surface area contributed by atoms with Gasteiger partial charge in [0, 0.05) is 62.3 Å². The number of rotatable bonds is 17. The quantitative estimate of drug-likeness (QED) is 0.107. The topological polar surface area (TPSA) is 325 Å². The number of carbonyl (C=O) groups excluding carboxylic acids is 12. The third kappa shape index (κ3) is 14.6. The van der Waals surface area contributed by atoms with Crippen molar-refractivity contribution >= 4 is 71.6 Å². The van der Waals surface area contributed by atoms with Crippen LogP contribution in [0, 0.1) is 0 Å². The van der Waals surface area contributed by atoms with Crippen molar-refractivity contribution in [3.8, 4) is 40.2 Å². The highest BCUT2D eigenvalue weighted by molar-refractivity contribution is 5.94. The molecule has 0 unspecified atom stereocenters. The van der Waals surface area contributed by atoms with Gasteiger partial charge in [0.1, 0.15) is 25.1 Å². The summed E-state index contributed by atoms with van der Waals surface area (Å²) in [5.74, 6) is -16.2. The molecular formula is C45H42O25. The third-order valence-electron chi connectivity index (χ3n) is 8.54. The van der Waals surface area contributed by atoms with Crippen LogP contribution in [0.4, 0.5) is 0 Å². The van der Waals surface area contributed by atoms with Gasteiger partial charge in [0.25, 0.3) is 6.29 Å². The molecule has 4 atom stereocenters. The smallest absolute Gasteiger partial charge is 0.340 e. The second-order valence-corrected chi connectivity index (χ2v) is 14.4. The molecule has 4 rings (SSSR count). The summed E-state index contributed by atoms with van der Waals surface area (Å²) >= 11 is 0. The fraction of sp³-hybridized carbons (Fsp3) is 0.333. The van der Waals surface area contributed by atoms with Crippen molar-refractivity contribution in [3.63, 3.8) is 0 Å². The molecule has 1 fully saturated rings. The van der Waals surface area contributed by atoms with Gasteiger partial charge in [0.2, 0.25) is 17.1 Å². The lowest BCUT2D eigenvalue weighted by molar-refractivity contribution is -0.219. The van der Waals surface area contributed by atoms with E-state index >= 15 is 0 Å². The van der Waals surface area contributed by atoms with Crippen molar-refractivity contribution < 1.29 is 119 Å². The average molecular weight is 983 g/mol. The van der Waals surface area contributed by atoms with E-state index in [1.165, 1.54) is 12.1 Å². The van der Waals surface area contributed by atoms with Gasteiger partial charge < -0.3 is 61.6 Å². The van der Waals surface area contributed by atoms with Gasteiger partial charge in [-0.25, -0.2) is 14.4 Å². The van der Waals surface area contributed by atoms with Crippen molar-refractivity contribution in [1.82, 2.24) is 0 Å². The first-order chi connectivity index (χ1) is 32.8. The van der Waals surface area contributed by atoms with Crippen molar-refractivity contribution in [2.24, 2.45) is 0 Å². The number of hydrogen-bond donors (Lipinski definition) is 0. The molecule has 25 nitrogen and oxygen atoms in total. The molecule has 1 heterocycles. The van der Waals surface area contributed by atoms with Crippen LogP contribution in [0.2, 0.25) is 0 Å². The molecule has 0 amide bonds. The van der Waals surface area contributed by atoms with Gasteiger partial charge in [-0.15, -0.1) is 0 Å². The number of benzene rings is 3. The molecule has 1 saturated heterocycles. The predicted molar refractivity (Wildman–Crippen MR) is 223 cm³/mol. The van der Waals surface area contributed by atoms with E-state index in [9.17, 15) is 57.5 Å². The summed E-state index contributed by atoms with van der Waals surface area (Å²) in [5.41, 5.74) is -4.03. The monoisotopic (exact) mass is 982 g/mol. The normalized spacial score (nSPS) is 16.7. The van der Waals surface area contributed by atoms with E-state index < -0.39 is 155 Å². The summed E-state index contributed by atoms with van der Waals surface area (Å²) in [4.78, 5) is 151. The maximum atomic E-state index is 13.9. The highest BCUT2D eigenvalue weighted by atomic mass is 16.8. The maximum absolute atomic E-state index is 13.9. The van der Waals surface area contributed by atoms with E-state index in [0.29, 0.717) is 0 Å². The molecule has 0 aliphatic carbocycles. The fourth-order valence-corrected chi connectivity index (χ4v) is 6.25. The van der Waals surface area contributed by atoms with Gasteiger partial charge >= 0.3 is 71.6 Å². The van der Waals surface area contributed by atoms with Crippen LogP contribution < -0.4 is 33.2 Å². The second kappa shape index (κ2) is 23.3. The Morgan fingerprint density at radius 3 is 1.21 bits per heavy atom.